The number of epoxide rings is 1. The first-order valence-electron chi connectivity index (χ1n) is 4.85. The summed E-state index contributed by atoms with van der Waals surface area (Å²) in [6, 6.07) is 0. The van der Waals surface area contributed by atoms with Gasteiger partial charge in [-0.15, -0.1) is 0 Å². The summed E-state index contributed by atoms with van der Waals surface area (Å²) >= 11 is 0. The van der Waals surface area contributed by atoms with E-state index in [0.717, 1.165) is 19.4 Å². The third kappa shape index (κ3) is 3.35. The zero-order valence-electron chi connectivity index (χ0n) is 8.63. The minimum absolute atomic E-state index is 0.107. The molecule has 13 heavy (non-hydrogen) atoms. The van der Waals surface area contributed by atoms with Crippen LogP contribution in [-0.4, -0.2) is 25.3 Å². The molecule has 0 bridgehead atoms. The summed E-state index contributed by atoms with van der Waals surface area (Å²) in [5.41, 5.74) is -0.344. The second-order valence-electron chi connectivity index (χ2n) is 4.19. The van der Waals surface area contributed by atoms with Gasteiger partial charge in [0.1, 0.15) is 12.7 Å². The molecule has 3 nitrogen and oxygen atoms in total. The number of hydrogen-bond donors (Lipinski definition) is 0. The van der Waals surface area contributed by atoms with Crippen LogP contribution >= 0.6 is 0 Å². The predicted molar refractivity (Wildman–Crippen MR) is 49.4 cm³/mol. The molecule has 1 aliphatic rings. The molecular weight excluding hydrogens is 168 g/mol. The molecule has 1 fully saturated rings. The van der Waals surface area contributed by atoms with Crippen LogP contribution in [0.15, 0.2) is 0 Å². The van der Waals surface area contributed by atoms with E-state index in [1.165, 1.54) is 0 Å². The summed E-state index contributed by atoms with van der Waals surface area (Å²) in [5, 5.41) is 0. The highest BCUT2D eigenvalue weighted by molar-refractivity contribution is 5.75. The van der Waals surface area contributed by atoms with Crippen molar-refractivity contribution in [1.82, 2.24) is 0 Å². The molecule has 0 N–H and O–H groups in total. The van der Waals surface area contributed by atoms with Crippen molar-refractivity contribution in [1.29, 1.82) is 0 Å². The van der Waals surface area contributed by atoms with E-state index < -0.39 is 0 Å². The second-order valence-corrected chi connectivity index (χ2v) is 4.19. The quantitative estimate of drug-likeness (QED) is 0.485. The van der Waals surface area contributed by atoms with Gasteiger partial charge < -0.3 is 9.47 Å². The molecule has 1 saturated heterocycles. The van der Waals surface area contributed by atoms with Crippen LogP contribution in [0.1, 0.15) is 33.6 Å². The molecule has 76 valence electrons. The van der Waals surface area contributed by atoms with E-state index in [2.05, 4.69) is 6.92 Å². The Bertz CT molecular complexity index is 183. The number of carbonyl (C=O) groups is 1. The normalized spacial score (nSPS) is 21.3. The molecule has 1 unspecified atom stereocenters. The van der Waals surface area contributed by atoms with E-state index in [1.807, 2.05) is 13.8 Å². The number of esters is 1. The van der Waals surface area contributed by atoms with Gasteiger partial charge in [-0.25, -0.2) is 0 Å². The molecule has 1 aliphatic heterocycles. The van der Waals surface area contributed by atoms with Gasteiger partial charge in [0.15, 0.2) is 0 Å². The second kappa shape index (κ2) is 4.09. The lowest BCUT2D eigenvalue weighted by Crippen LogP contribution is -2.27. The van der Waals surface area contributed by atoms with Gasteiger partial charge in [0.25, 0.3) is 0 Å². The maximum Gasteiger partial charge on any atom is 0.311 e. The van der Waals surface area contributed by atoms with Crippen LogP contribution in [0.4, 0.5) is 0 Å². The number of ether oxygens (including phenoxy) is 2. The van der Waals surface area contributed by atoms with Crippen molar-refractivity contribution in [2.24, 2.45) is 5.41 Å². The molecule has 0 saturated carbocycles. The number of carbonyl (C=O) groups excluding carboxylic acids is 1. The molecular formula is C10H18O3. The van der Waals surface area contributed by atoms with E-state index in [1.54, 1.807) is 0 Å². The molecule has 1 atom stereocenters. The highest BCUT2D eigenvalue weighted by Gasteiger charge is 2.31. The fraction of sp³-hybridized carbons (Fsp3) is 0.900. The summed E-state index contributed by atoms with van der Waals surface area (Å²) < 4.78 is 10.1. The van der Waals surface area contributed by atoms with Crippen LogP contribution in [-0.2, 0) is 14.3 Å². The third-order valence-corrected chi connectivity index (χ3v) is 2.23. The SMILES string of the molecule is CCCC(C)(C)C(=O)OCC1CO1. The topological polar surface area (TPSA) is 38.8 Å². The lowest BCUT2D eigenvalue weighted by Gasteiger charge is -2.21. The molecule has 0 aromatic rings. The van der Waals surface area contributed by atoms with Crippen molar-refractivity contribution in [2.45, 2.75) is 39.7 Å². The lowest BCUT2D eigenvalue weighted by molar-refractivity contribution is -0.154. The number of rotatable bonds is 5. The Kier molecular flexibility index (Phi) is 3.31. The van der Waals surface area contributed by atoms with Crippen LogP contribution in [0, 0.1) is 5.41 Å². The number of hydrogen-bond acceptors (Lipinski definition) is 3. The van der Waals surface area contributed by atoms with Crippen molar-refractivity contribution >= 4 is 5.97 Å². The Morgan fingerprint density at radius 1 is 1.62 bits per heavy atom. The van der Waals surface area contributed by atoms with E-state index >= 15 is 0 Å². The maximum absolute atomic E-state index is 11.5. The zero-order valence-corrected chi connectivity index (χ0v) is 8.63. The van der Waals surface area contributed by atoms with Crippen molar-refractivity contribution in [3.63, 3.8) is 0 Å². The molecule has 0 amide bonds. The van der Waals surface area contributed by atoms with E-state index in [0.29, 0.717) is 6.61 Å². The van der Waals surface area contributed by atoms with E-state index in [-0.39, 0.29) is 17.5 Å². The van der Waals surface area contributed by atoms with E-state index in [9.17, 15) is 4.79 Å². The molecule has 3 heteroatoms. The molecule has 0 radical (unpaired) electrons. The Morgan fingerprint density at radius 3 is 2.69 bits per heavy atom. The first-order valence-corrected chi connectivity index (χ1v) is 4.85. The molecule has 0 aromatic heterocycles. The first kappa shape index (κ1) is 10.5. The van der Waals surface area contributed by atoms with Gasteiger partial charge in [-0.05, 0) is 20.3 Å². The summed E-state index contributed by atoms with van der Waals surface area (Å²) in [6.45, 7) is 7.08. The van der Waals surface area contributed by atoms with Crippen molar-refractivity contribution in [3.8, 4) is 0 Å². The van der Waals surface area contributed by atoms with Crippen molar-refractivity contribution in [3.05, 3.63) is 0 Å². The molecule has 1 heterocycles. The van der Waals surface area contributed by atoms with Gasteiger partial charge in [0.2, 0.25) is 0 Å². The standard InChI is InChI=1S/C10H18O3/c1-4-5-10(2,3)9(11)13-7-8-6-12-8/h8H,4-7H2,1-3H3. The summed E-state index contributed by atoms with van der Waals surface area (Å²) in [6.07, 6.45) is 2.04. The van der Waals surface area contributed by atoms with Gasteiger partial charge in [-0.3, -0.25) is 4.79 Å². The minimum Gasteiger partial charge on any atom is -0.462 e. The van der Waals surface area contributed by atoms with Crippen LogP contribution in [0.25, 0.3) is 0 Å². The summed E-state index contributed by atoms with van der Waals surface area (Å²) in [7, 11) is 0. The average Bonchev–Trinajstić information content (AvgIpc) is 2.83. The lowest BCUT2D eigenvalue weighted by atomic mass is 9.88. The Balaban J connectivity index is 2.26. The van der Waals surface area contributed by atoms with Crippen molar-refractivity contribution in [2.75, 3.05) is 13.2 Å². The smallest absolute Gasteiger partial charge is 0.311 e. The molecule has 0 aromatic carbocycles. The first-order chi connectivity index (χ1) is 6.06. The average molecular weight is 186 g/mol. The Hall–Kier alpha value is -0.570. The predicted octanol–water partition coefficient (Wildman–Crippen LogP) is 1.75. The summed E-state index contributed by atoms with van der Waals surface area (Å²) in [4.78, 5) is 11.5. The molecule has 0 aliphatic carbocycles. The van der Waals surface area contributed by atoms with Gasteiger partial charge in [-0.2, -0.15) is 0 Å². The fourth-order valence-electron chi connectivity index (χ4n) is 1.26. The van der Waals surface area contributed by atoms with Gasteiger partial charge >= 0.3 is 5.97 Å². The van der Waals surface area contributed by atoms with Crippen LogP contribution in [0.3, 0.4) is 0 Å². The maximum atomic E-state index is 11.5. The van der Waals surface area contributed by atoms with E-state index in [4.69, 9.17) is 9.47 Å². The van der Waals surface area contributed by atoms with Gasteiger partial charge in [0, 0.05) is 0 Å². The van der Waals surface area contributed by atoms with Crippen molar-refractivity contribution < 1.29 is 14.3 Å². The third-order valence-electron chi connectivity index (χ3n) is 2.23. The Labute approximate surface area is 79.4 Å². The van der Waals surface area contributed by atoms with Crippen LogP contribution in [0.2, 0.25) is 0 Å². The minimum atomic E-state index is -0.344. The van der Waals surface area contributed by atoms with Gasteiger partial charge in [0.05, 0.1) is 12.0 Å². The monoisotopic (exact) mass is 186 g/mol. The Morgan fingerprint density at radius 2 is 2.23 bits per heavy atom. The molecule has 0 spiro atoms. The largest absolute Gasteiger partial charge is 0.462 e. The highest BCUT2D eigenvalue weighted by Crippen LogP contribution is 2.24. The van der Waals surface area contributed by atoms with Crippen LogP contribution in [0.5, 0.6) is 0 Å². The highest BCUT2D eigenvalue weighted by atomic mass is 16.6. The van der Waals surface area contributed by atoms with Gasteiger partial charge in [-0.1, -0.05) is 13.3 Å². The molecule has 1 rings (SSSR count). The van der Waals surface area contributed by atoms with Crippen LogP contribution < -0.4 is 0 Å². The summed E-state index contributed by atoms with van der Waals surface area (Å²) in [5.74, 6) is -0.107. The zero-order chi connectivity index (χ0) is 9.90. The fourth-order valence-corrected chi connectivity index (χ4v) is 1.26.